The van der Waals surface area contributed by atoms with E-state index in [4.69, 9.17) is 21.6 Å². The molecule has 40 heavy (non-hydrogen) atoms. The number of hydrogen-bond acceptors (Lipinski definition) is 9. The van der Waals surface area contributed by atoms with Gasteiger partial charge in [0.1, 0.15) is 22.2 Å². The van der Waals surface area contributed by atoms with Gasteiger partial charge in [0.05, 0.1) is 20.8 Å². The van der Waals surface area contributed by atoms with Crippen LogP contribution in [0.25, 0.3) is 20.8 Å². The predicted octanol–water partition coefficient (Wildman–Crippen LogP) is 4.60. The maximum absolute atomic E-state index is 13.5. The molecule has 2 aliphatic rings. The lowest BCUT2D eigenvalue weighted by atomic mass is 10.1. The quantitative estimate of drug-likeness (QED) is 0.310. The van der Waals surface area contributed by atoms with E-state index in [0.29, 0.717) is 54.3 Å². The number of nitrogens with zero attached hydrogens (tertiary/aromatic N) is 5. The molecule has 4 aromatic rings. The topological polar surface area (TPSA) is 102 Å². The van der Waals surface area contributed by atoms with Crippen molar-refractivity contribution in [1.29, 1.82) is 0 Å². The monoisotopic (exact) mass is 590 g/mol. The van der Waals surface area contributed by atoms with E-state index in [1.165, 1.54) is 11.3 Å². The Morgan fingerprint density at radius 3 is 2.58 bits per heavy atom. The molecule has 0 aliphatic carbocycles. The Morgan fingerprint density at radius 2 is 1.88 bits per heavy atom. The van der Waals surface area contributed by atoms with Crippen molar-refractivity contribution in [2.24, 2.45) is 0 Å². The third-order valence-electron chi connectivity index (χ3n) is 7.08. The normalized spacial score (nSPS) is 18.4. The van der Waals surface area contributed by atoms with Gasteiger partial charge in [-0.2, -0.15) is 18.2 Å². The highest BCUT2D eigenvalue weighted by atomic mass is 35.5. The number of piperidine rings is 1. The second kappa shape index (κ2) is 10.9. The molecule has 2 aliphatic heterocycles. The molecule has 2 fully saturated rings. The van der Waals surface area contributed by atoms with Crippen LogP contribution in [0.2, 0.25) is 5.02 Å². The van der Waals surface area contributed by atoms with Crippen molar-refractivity contribution in [2.75, 3.05) is 54.4 Å². The first-order valence-electron chi connectivity index (χ1n) is 13.0. The minimum absolute atomic E-state index is 0.0532. The lowest BCUT2D eigenvalue weighted by Gasteiger charge is -2.36. The third kappa shape index (κ3) is 5.45. The molecular weight excluding hydrogens is 565 g/mol. The van der Waals surface area contributed by atoms with Crippen LogP contribution in [0.15, 0.2) is 41.3 Å². The number of aromatic amines is 1. The van der Waals surface area contributed by atoms with Crippen LogP contribution < -0.4 is 26.0 Å². The number of pyridine rings is 1. The number of hydrogen-bond donors (Lipinski definition) is 3. The van der Waals surface area contributed by atoms with Crippen molar-refractivity contribution < 1.29 is 13.2 Å². The lowest BCUT2D eigenvalue weighted by Crippen LogP contribution is -2.48. The molecule has 0 radical (unpaired) electrons. The first-order chi connectivity index (χ1) is 19.3. The summed E-state index contributed by atoms with van der Waals surface area (Å²) in [6, 6.07) is 8.76. The van der Waals surface area contributed by atoms with Gasteiger partial charge in [-0.3, -0.25) is 9.78 Å². The van der Waals surface area contributed by atoms with Gasteiger partial charge in [-0.25, -0.2) is 9.97 Å². The predicted molar refractivity (Wildman–Crippen MR) is 152 cm³/mol. The van der Waals surface area contributed by atoms with Crippen LogP contribution in [0.4, 0.5) is 30.8 Å². The third-order valence-corrected chi connectivity index (χ3v) is 8.41. The summed E-state index contributed by atoms with van der Waals surface area (Å²) in [6.45, 7) is 3.54. The number of rotatable bonds is 5. The number of aromatic nitrogens is 4. The molecule has 2 saturated heterocycles. The van der Waals surface area contributed by atoms with Crippen molar-refractivity contribution in [2.45, 2.75) is 25.1 Å². The Bertz CT molecular complexity index is 1550. The van der Waals surface area contributed by atoms with Gasteiger partial charge < -0.3 is 20.4 Å². The lowest BCUT2D eigenvalue weighted by molar-refractivity contribution is -0.137. The first-order valence-corrected chi connectivity index (χ1v) is 14.2. The zero-order valence-electron chi connectivity index (χ0n) is 21.3. The number of anilines is 3. The van der Waals surface area contributed by atoms with Crippen LogP contribution in [0.5, 0.6) is 0 Å². The van der Waals surface area contributed by atoms with Gasteiger partial charge in [0.15, 0.2) is 0 Å². The van der Waals surface area contributed by atoms with Gasteiger partial charge in [0.25, 0.3) is 5.56 Å². The van der Waals surface area contributed by atoms with Crippen molar-refractivity contribution in [3.8, 4) is 10.6 Å². The van der Waals surface area contributed by atoms with Crippen LogP contribution >= 0.6 is 22.9 Å². The Labute approximate surface area is 236 Å². The molecule has 0 amide bonds. The fourth-order valence-corrected chi connectivity index (χ4v) is 6.30. The average molecular weight is 591 g/mol. The minimum Gasteiger partial charge on any atom is -0.365 e. The number of H-pyrrole nitrogens is 1. The Balaban J connectivity index is 1.27. The smallest absolute Gasteiger partial charge is 0.365 e. The molecule has 1 atom stereocenters. The summed E-state index contributed by atoms with van der Waals surface area (Å²) in [4.78, 5) is 33.8. The summed E-state index contributed by atoms with van der Waals surface area (Å²) in [5.41, 5.74) is 0.0612. The number of nitrogens with one attached hydrogen (secondary N) is 3. The minimum atomic E-state index is -4.51. The van der Waals surface area contributed by atoms with Gasteiger partial charge in [-0.05, 0) is 37.6 Å². The SMILES string of the molecule is O=c1[nH]c(N2CCN(c3ncc(C(F)(F)F)cc3Cl)CC2)nc(NC2CCCNC2)c1-c1nc2ccccc2s1. The molecule has 0 saturated carbocycles. The Hall–Kier alpha value is -3.42. The van der Waals surface area contributed by atoms with E-state index in [9.17, 15) is 18.0 Å². The molecule has 3 N–H and O–H groups in total. The summed E-state index contributed by atoms with van der Waals surface area (Å²) in [7, 11) is 0. The molecule has 1 unspecified atom stereocenters. The molecule has 3 aromatic heterocycles. The molecule has 14 heteroatoms. The maximum atomic E-state index is 13.5. The number of benzene rings is 1. The number of piperazine rings is 1. The highest BCUT2D eigenvalue weighted by Gasteiger charge is 2.32. The van der Waals surface area contributed by atoms with E-state index >= 15 is 0 Å². The second-order valence-corrected chi connectivity index (χ2v) is 11.2. The highest BCUT2D eigenvalue weighted by Crippen LogP contribution is 2.35. The van der Waals surface area contributed by atoms with Crippen LogP contribution in [-0.2, 0) is 6.18 Å². The van der Waals surface area contributed by atoms with Crippen molar-refractivity contribution in [1.82, 2.24) is 25.3 Å². The first kappa shape index (κ1) is 26.8. The molecule has 9 nitrogen and oxygen atoms in total. The zero-order valence-corrected chi connectivity index (χ0v) is 22.8. The molecule has 210 valence electrons. The van der Waals surface area contributed by atoms with E-state index in [-0.39, 0.29) is 16.6 Å². The Kier molecular flexibility index (Phi) is 7.27. The average Bonchev–Trinajstić information content (AvgIpc) is 3.37. The van der Waals surface area contributed by atoms with Crippen molar-refractivity contribution in [3.05, 3.63) is 57.5 Å². The molecule has 0 bridgehead atoms. The summed E-state index contributed by atoms with van der Waals surface area (Å²) in [5, 5.41) is 7.41. The summed E-state index contributed by atoms with van der Waals surface area (Å²) < 4.78 is 40.0. The molecule has 1 aromatic carbocycles. The largest absolute Gasteiger partial charge is 0.417 e. The number of halogens is 4. The molecule has 0 spiro atoms. The molecule has 5 heterocycles. The van der Waals surface area contributed by atoms with E-state index in [1.807, 2.05) is 34.1 Å². The molecule has 6 rings (SSSR count). The highest BCUT2D eigenvalue weighted by molar-refractivity contribution is 7.21. The summed E-state index contributed by atoms with van der Waals surface area (Å²) in [5.74, 6) is 1.21. The standard InChI is InChI=1S/C26H26ClF3N8OS/c27-17-12-15(26(28,29)30)13-32-22(17)37-8-10-38(11-9-37)25-35-21(33-16-4-3-7-31-14-16)20(23(39)36-25)24-34-18-5-1-2-6-19(18)40-24/h1-2,5-6,12-13,16,31H,3-4,7-11,14H2,(H2,33,35,36,39). The van der Waals surface area contributed by atoms with E-state index in [1.54, 1.807) is 0 Å². The number of fused-ring (bicyclic) bond motifs is 1. The van der Waals surface area contributed by atoms with Crippen LogP contribution in [0.3, 0.4) is 0 Å². The van der Waals surface area contributed by atoms with Crippen LogP contribution in [-0.4, -0.2) is 65.2 Å². The van der Waals surface area contributed by atoms with Gasteiger partial charge in [-0.15, -0.1) is 11.3 Å². The van der Waals surface area contributed by atoms with E-state index < -0.39 is 11.7 Å². The summed E-state index contributed by atoms with van der Waals surface area (Å²) >= 11 is 7.61. The fourth-order valence-electron chi connectivity index (χ4n) is 5.01. The van der Waals surface area contributed by atoms with Crippen molar-refractivity contribution >= 4 is 50.7 Å². The van der Waals surface area contributed by atoms with Crippen molar-refractivity contribution in [3.63, 3.8) is 0 Å². The van der Waals surface area contributed by atoms with Crippen LogP contribution in [0, 0.1) is 0 Å². The fraction of sp³-hybridized carbons (Fsp3) is 0.385. The van der Waals surface area contributed by atoms with E-state index in [0.717, 1.165) is 48.4 Å². The maximum Gasteiger partial charge on any atom is 0.417 e. The van der Waals surface area contributed by atoms with E-state index in [2.05, 4.69) is 20.6 Å². The number of alkyl halides is 3. The second-order valence-electron chi connectivity index (χ2n) is 9.79. The zero-order chi connectivity index (χ0) is 27.9. The summed E-state index contributed by atoms with van der Waals surface area (Å²) in [6.07, 6.45) is -1.74. The number of thiazole rings is 1. The van der Waals surface area contributed by atoms with Gasteiger partial charge in [0, 0.05) is 45.0 Å². The van der Waals surface area contributed by atoms with Crippen LogP contribution in [0.1, 0.15) is 18.4 Å². The van der Waals surface area contributed by atoms with Gasteiger partial charge in [0.2, 0.25) is 5.95 Å². The molecular formula is C26H26ClF3N8OS. The number of para-hydroxylation sites is 1. The van der Waals surface area contributed by atoms with Gasteiger partial charge in [-0.1, -0.05) is 23.7 Å². The van der Waals surface area contributed by atoms with Gasteiger partial charge >= 0.3 is 6.18 Å². The Morgan fingerprint density at radius 1 is 1.10 bits per heavy atom.